The first-order valence-corrected chi connectivity index (χ1v) is 11.2. The van der Waals surface area contributed by atoms with Crippen LogP contribution in [0.4, 0.5) is 0 Å². The van der Waals surface area contributed by atoms with E-state index in [4.69, 9.17) is 14.2 Å². The second-order valence-electron chi connectivity index (χ2n) is 7.86. The highest BCUT2D eigenvalue weighted by Crippen LogP contribution is 2.34. The lowest BCUT2D eigenvalue weighted by Gasteiger charge is -2.35. The van der Waals surface area contributed by atoms with Crippen LogP contribution in [0.25, 0.3) is 0 Å². The van der Waals surface area contributed by atoms with E-state index in [1.54, 1.807) is 0 Å². The topological polar surface area (TPSA) is 44.8 Å². The second-order valence-corrected chi connectivity index (χ2v) is 7.86. The summed E-state index contributed by atoms with van der Waals surface area (Å²) in [5.74, 6) is -0.779. The number of aryl methyl sites for hydroxylation is 1. The summed E-state index contributed by atoms with van der Waals surface area (Å²) in [4.78, 5) is 12.3. The largest absolute Gasteiger partial charge is 0.430 e. The fraction of sp³-hybridized carbons (Fsp3) is 0.708. The van der Waals surface area contributed by atoms with Gasteiger partial charge in [0.05, 0.1) is 6.42 Å². The molecule has 1 aromatic rings. The lowest BCUT2D eigenvalue weighted by atomic mass is 10.0. The van der Waals surface area contributed by atoms with Gasteiger partial charge in [0.1, 0.15) is 5.75 Å². The molecule has 0 bridgehead atoms. The molecule has 0 aromatic heterocycles. The quantitative estimate of drug-likeness (QED) is 0.205. The summed E-state index contributed by atoms with van der Waals surface area (Å²) < 4.78 is 16.9. The zero-order chi connectivity index (χ0) is 20.1. The number of para-hydroxylation sites is 1. The third-order valence-corrected chi connectivity index (χ3v) is 5.50. The maximum absolute atomic E-state index is 12.3. The van der Waals surface area contributed by atoms with Crippen molar-refractivity contribution in [2.45, 2.75) is 103 Å². The predicted molar refractivity (Wildman–Crippen MR) is 112 cm³/mol. The van der Waals surface area contributed by atoms with Crippen LogP contribution < -0.4 is 4.74 Å². The van der Waals surface area contributed by atoms with Crippen molar-refractivity contribution in [2.24, 2.45) is 0 Å². The Hall–Kier alpha value is -1.55. The van der Waals surface area contributed by atoms with Crippen LogP contribution in [0.15, 0.2) is 24.3 Å². The van der Waals surface area contributed by atoms with Gasteiger partial charge >= 0.3 is 11.9 Å². The summed E-state index contributed by atoms with van der Waals surface area (Å²) in [6.45, 7) is 2.26. The summed E-state index contributed by atoms with van der Waals surface area (Å²) in [6, 6.07) is 7.82. The molecule has 4 nitrogen and oxygen atoms in total. The van der Waals surface area contributed by atoms with E-state index >= 15 is 0 Å². The summed E-state index contributed by atoms with van der Waals surface area (Å²) in [7, 11) is 1.53. The van der Waals surface area contributed by atoms with Gasteiger partial charge < -0.3 is 14.2 Å². The van der Waals surface area contributed by atoms with Crippen LogP contribution in [-0.2, 0) is 20.7 Å². The Kier molecular flexibility index (Phi) is 10.4. The minimum absolute atomic E-state index is 0.239. The molecular formula is C24H38O4. The number of hydrogen-bond donors (Lipinski definition) is 0. The number of unbranched alkanes of at least 4 members (excludes halogenated alkanes) is 10. The van der Waals surface area contributed by atoms with Crippen LogP contribution in [0.5, 0.6) is 5.75 Å². The number of hydrogen-bond acceptors (Lipinski definition) is 4. The molecular weight excluding hydrogens is 352 g/mol. The molecule has 1 aliphatic rings. The maximum Gasteiger partial charge on any atom is 0.373 e. The van der Waals surface area contributed by atoms with Crippen LogP contribution in [0.1, 0.15) is 96.0 Å². The molecule has 1 unspecified atom stereocenters. The number of rotatable bonds is 14. The van der Waals surface area contributed by atoms with Crippen LogP contribution in [-0.4, -0.2) is 19.1 Å². The average molecular weight is 391 g/mol. The molecule has 1 aromatic carbocycles. The lowest BCUT2D eigenvalue weighted by Crippen LogP contribution is -2.45. The standard InChI is InChI=1S/C24H38O4/c1-3-4-5-6-7-8-9-10-11-12-13-18-23(25)28-24(26-2)20-19-21-16-14-15-17-22(21)27-24/h14-17H,3-13,18-20H2,1-2H3. The lowest BCUT2D eigenvalue weighted by molar-refractivity contribution is -0.322. The molecule has 0 amide bonds. The molecule has 4 heteroatoms. The summed E-state index contributed by atoms with van der Waals surface area (Å²) in [5, 5.41) is 0. The molecule has 0 radical (unpaired) electrons. The van der Waals surface area contributed by atoms with Gasteiger partial charge in [0, 0.05) is 13.5 Å². The van der Waals surface area contributed by atoms with Crippen LogP contribution in [0, 0.1) is 0 Å². The summed E-state index contributed by atoms with van der Waals surface area (Å²) in [6.07, 6.45) is 15.6. The minimum Gasteiger partial charge on any atom is -0.430 e. The van der Waals surface area contributed by atoms with Crippen molar-refractivity contribution in [3.8, 4) is 5.75 Å². The summed E-state index contributed by atoms with van der Waals surface area (Å²) in [5.41, 5.74) is 1.12. The van der Waals surface area contributed by atoms with Crippen molar-refractivity contribution >= 4 is 5.97 Å². The van der Waals surface area contributed by atoms with Crippen molar-refractivity contribution in [3.63, 3.8) is 0 Å². The van der Waals surface area contributed by atoms with Crippen molar-refractivity contribution < 1.29 is 19.0 Å². The van der Waals surface area contributed by atoms with E-state index in [1.807, 2.05) is 24.3 Å². The number of methoxy groups -OCH3 is 1. The Bertz CT molecular complexity index is 571. The van der Waals surface area contributed by atoms with E-state index in [9.17, 15) is 4.79 Å². The van der Waals surface area contributed by atoms with Gasteiger partial charge in [0.2, 0.25) is 0 Å². The van der Waals surface area contributed by atoms with E-state index < -0.39 is 5.97 Å². The van der Waals surface area contributed by atoms with E-state index in [1.165, 1.54) is 64.9 Å². The molecule has 0 aliphatic carbocycles. The molecule has 28 heavy (non-hydrogen) atoms. The van der Waals surface area contributed by atoms with Crippen molar-refractivity contribution in [2.75, 3.05) is 7.11 Å². The Morgan fingerprint density at radius 3 is 2.21 bits per heavy atom. The van der Waals surface area contributed by atoms with Gasteiger partial charge in [-0.25, -0.2) is 0 Å². The highest BCUT2D eigenvalue weighted by Gasteiger charge is 2.40. The molecule has 2 rings (SSSR count). The average Bonchev–Trinajstić information content (AvgIpc) is 2.72. The third-order valence-electron chi connectivity index (χ3n) is 5.50. The zero-order valence-electron chi connectivity index (χ0n) is 17.8. The Morgan fingerprint density at radius 2 is 1.57 bits per heavy atom. The van der Waals surface area contributed by atoms with E-state index in [0.29, 0.717) is 12.8 Å². The highest BCUT2D eigenvalue weighted by molar-refractivity contribution is 5.69. The fourth-order valence-electron chi connectivity index (χ4n) is 3.73. The molecule has 1 aliphatic heterocycles. The molecule has 1 heterocycles. The van der Waals surface area contributed by atoms with Gasteiger partial charge in [0.15, 0.2) is 0 Å². The van der Waals surface area contributed by atoms with Crippen molar-refractivity contribution in [1.29, 1.82) is 0 Å². The Balaban J connectivity index is 1.56. The predicted octanol–water partition coefficient (Wildman–Crippen LogP) is 6.56. The SMILES string of the molecule is CCCCCCCCCCCCCC(=O)OC1(OC)CCc2ccccc2O1. The van der Waals surface area contributed by atoms with Gasteiger partial charge in [-0.15, -0.1) is 0 Å². The molecule has 0 spiro atoms. The van der Waals surface area contributed by atoms with Crippen LogP contribution in [0.3, 0.4) is 0 Å². The number of carbonyl (C=O) groups is 1. The first-order chi connectivity index (χ1) is 13.7. The number of fused-ring (bicyclic) bond motifs is 1. The molecule has 1 atom stereocenters. The van der Waals surface area contributed by atoms with Gasteiger partial charge in [-0.3, -0.25) is 4.79 Å². The maximum atomic E-state index is 12.3. The molecule has 0 fully saturated rings. The smallest absolute Gasteiger partial charge is 0.373 e. The number of ether oxygens (including phenoxy) is 3. The zero-order valence-corrected chi connectivity index (χ0v) is 17.8. The first kappa shape index (κ1) is 22.7. The normalized spacial score (nSPS) is 18.4. The first-order valence-electron chi connectivity index (χ1n) is 11.2. The van der Waals surface area contributed by atoms with Crippen LogP contribution in [0.2, 0.25) is 0 Å². The van der Waals surface area contributed by atoms with Gasteiger partial charge in [0.25, 0.3) is 0 Å². The molecule has 0 N–H and O–H groups in total. The van der Waals surface area contributed by atoms with Gasteiger partial charge in [-0.05, 0) is 24.5 Å². The Morgan fingerprint density at radius 1 is 0.964 bits per heavy atom. The number of benzene rings is 1. The fourth-order valence-corrected chi connectivity index (χ4v) is 3.73. The third kappa shape index (κ3) is 7.83. The highest BCUT2D eigenvalue weighted by atomic mass is 16.9. The van der Waals surface area contributed by atoms with E-state index in [-0.39, 0.29) is 5.97 Å². The second kappa shape index (κ2) is 12.8. The van der Waals surface area contributed by atoms with Crippen molar-refractivity contribution in [3.05, 3.63) is 29.8 Å². The van der Waals surface area contributed by atoms with E-state index in [0.717, 1.165) is 30.6 Å². The van der Waals surface area contributed by atoms with E-state index in [2.05, 4.69) is 6.92 Å². The minimum atomic E-state index is -1.27. The van der Waals surface area contributed by atoms with Crippen molar-refractivity contribution in [1.82, 2.24) is 0 Å². The Labute approximate surface area is 170 Å². The monoisotopic (exact) mass is 390 g/mol. The van der Waals surface area contributed by atoms with Gasteiger partial charge in [-0.2, -0.15) is 0 Å². The molecule has 0 saturated carbocycles. The number of esters is 1. The van der Waals surface area contributed by atoms with Gasteiger partial charge in [-0.1, -0.05) is 89.3 Å². The molecule has 0 saturated heterocycles. The molecule has 158 valence electrons. The number of carbonyl (C=O) groups excluding carboxylic acids is 1. The van der Waals surface area contributed by atoms with Crippen LogP contribution >= 0.6 is 0 Å². The summed E-state index contributed by atoms with van der Waals surface area (Å²) >= 11 is 0.